The van der Waals surface area contributed by atoms with Gasteiger partial charge < -0.3 is 5.72 Å². The summed E-state index contributed by atoms with van der Waals surface area (Å²) in [5, 5.41) is 0.359. The molecule has 13 heavy (non-hydrogen) atoms. The minimum absolute atomic E-state index is 0. The molecule has 2 N–H and O–H groups in total. The number of carbonyl (C=O) groups excluding carboxylic acids is 1. The Hall–Kier alpha value is -0.280. The van der Waals surface area contributed by atoms with Crippen molar-refractivity contribution in [3.05, 3.63) is 33.8 Å². The van der Waals surface area contributed by atoms with Gasteiger partial charge >= 0.3 is 0 Å². The molecule has 0 aliphatic rings. The van der Waals surface area contributed by atoms with Gasteiger partial charge in [-0.05, 0) is 18.2 Å². The number of carbonyl (C=O) groups is 1. The Morgan fingerprint density at radius 3 is 2.77 bits per heavy atom. The molecule has 0 saturated carbocycles. The van der Waals surface area contributed by atoms with E-state index in [0.29, 0.717) is 0 Å². The summed E-state index contributed by atoms with van der Waals surface area (Å²) in [6, 6.07) is 3.84. The smallest absolute Gasteiger partial charge is 0.176 e. The normalized spacial score (nSPS) is 15.0. The van der Waals surface area contributed by atoms with Crippen molar-refractivity contribution in [2.75, 3.05) is 6.50 Å². The van der Waals surface area contributed by atoms with Gasteiger partial charge in [-0.25, -0.2) is 0 Å². The maximum absolute atomic E-state index is 11.6. The third-order valence-electron chi connectivity index (χ3n) is 1.28. The first-order valence-corrected chi connectivity index (χ1v) is 3.80. The van der Waals surface area contributed by atoms with E-state index >= 15 is 0 Å². The number of ketones is 1. The van der Waals surface area contributed by atoms with Crippen LogP contribution >= 0.6 is 35.6 Å². The lowest BCUT2D eigenvalue weighted by Crippen LogP contribution is -2.13. The molecule has 0 aromatic heterocycles. The van der Waals surface area contributed by atoms with E-state index in [1.807, 2.05) is 0 Å². The van der Waals surface area contributed by atoms with Crippen LogP contribution in [0.4, 0.5) is 0 Å². The number of benzene rings is 1. The van der Waals surface area contributed by atoms with Crippen LogP contribution in [-0.2, 0) is 0 Å². The van der Waals surface area contributed by atoms with Crippen LogP contribution in [0.15, 0.2) is 18.2 Å². The van der Waals surface area contributed by atoms with Gasteiger partial charge in [0, 0.05) is 5.56 Å². The van der Waals surface area contributed by atoms with Gasteiger partial charge in [0.05, 0.1) is 19.3 Å². The average Bonchev–Trinajstić information content (AvgIpc) is 2.20. The molecule has 1 aromatic rings. The van der Waals surface area contributed by atoms with Gasteiger partial charge in [0.2, 0.25) is 0 Å². The number of Topliss-reactive ketones (excluding diaryl/α,β-unsaturated/α-hetero) is 1. The zero-order chi connectivity index (χ0) is 12.5. The summed E-state index contributed by atoms with van der Waals surface area (Å²) in [6.45, 7) is -2.73. The molecule has 0 amide bonds. The van der Waals surface area contributed by atoms with E-state index in [1.54, 1.807) is 0 Å². The second kappa shape index (κ2) is 5.45. The standard InChI is InChI=1S/C8H7Cl2NO.ClH/c9-6-2-1-5(3-7(6)10)8(12)4-11;/h1-3H,4,11H2;1H/i4D2;/hD2. The van der Waals surface area contributed by atoms with E-state index in [-0.39, 0.29) is 33.7 Å². The van der Waals surface area contributed by atoms with Crippen molar-refractivity contribution in [2.45, 2.75) is 0 Å². The molecule has 0 spiro atoms. The van der Waals surface area contributed by atoms with Crippen molar-refractivity contribution in [2.24, 2.45) is 5.72 Å². The number of hydrogen-bond acceptors (Lipinski definition) is 2. The van der Waals surface area contributed by atoms with Crippen molar-refractivity contribution in [3.63, 3.8) is 0 Å². The third-order valence-corrected chi connectivity index (χ3v) is 2.02. The maximum Gasteiger partial charge on any atom is 0.176 e. The fraction of sp³-hybridized carbons (Fsp3) is 0.125. The highest BCUT2D eigenvalue weighted by molar-refractivity contribution is 6.42. The Labute approximate surface area is 98.2 Å². The van der Waals surface area contributed by atoms with E-state index in [9.17, 15) is 4.79 Å². The lowest BCUT2D eigenvalue weighted by molar-refractivity contribution is 0.100. The van der Waals surface area contributed by atoms with Crippen molar-refractivity contribution in [1.82, 2.24) is 0 Å². The summed E-state index contributed by atoms with van der Waals surface area (Å²) >= 11 is 11.3. The molecule has 0 unspecified atom stereocenters. The topological polar surface area (TPSA) is 43.1 Å². The van der Waals surface area contributed by atoms with Crippen molar-refractivity contribution >= 4 is 41.4 Å². The predicted octanol–water partition coefficient (Wildman–Crippen LogP) is 2.56. The number of rotatable bonds is 3. The van der Waals surface area contributed by atoms with Gasteiger partial charge in [0.25, 0.3) is 0 Å². The molecule has 2 nitrogen and oxygen atoms in total. The van der Waals surface area contributed by atoms with Crippen LogP contribution in [0.1, 0.15) is 13.1 Å². The van der Waals surface area contributed by atoms with Crippen LogP contribution < -0.4 is 5.72 Å². The summed E-state index contributed by atoms with van der Waals surface area (Å²) in [7, 11) is 0. The molecule has 0 radical (unpaired) electrons. The van der Waals surface area contributed by atoms with Gasteiger partial charge in [-0.1, -0.05) is 23.2 Å². The Morgan fingerprint density at radius 1 is 1.54 bits per heavy atom. The van der Waals surface area contributed by atoms with E-state index in [0.717, 1.165) is 0 Å². The first kappa shape index (κ1) is 7.07. The lowest BCUT2D eigenvalue weighted by atomic mass is 10.1. The van der Waals surface area contributed by atoms with Crippen LogP contribution in [0.25, 0.3) is 0 Å². The fourth-order valence-electron chi connectivity index (χ4n) is 0.702. The molecule has 0 fully saturated rings. The Bertz CT molecular complexity index is 427. The zero-order valence-electron chi connectivity index (χ0n) is 10.3. The lowest BCUT2D eigenvalue weighted by Gasteiger charge is -1.99. The van der Waals surface area contributed by atoms with Gasteiger partial charge in [0.15, 0.2) is 5.78 Å². The summed E-state index contributed by atoms with van der Waals surface area (Å²) in [6.07, 6.45) is 0. The van der Waals surface area contributed by atoms with E-state index in [1.165, 1.54) is 18.2 Å². The molecule has 0 aliphatic carbocycles. The summed E-state index contributed by atoms with van der Waals surface area (Å²) in [4.78, 5) is 11.6. The third kappa shape index (κ3) is 3.16. The molecule has 0 heterocycles. The SMILES string of the molecule is Cl.[2H]N([2H])C([2H])([2H])C(=O)c1ccc(Cl)c(Cl)c1. The molecule has 0 saturated heterocycles. The number of halogens is 3. The quantitative estimate of drug-likeness (QED) is 0.831. The number of hydrogen-bond donors (Lipinski definition) is 1. The molecular formula is C8H8Cl3NO. The minimum atomic E-state index is -2.73. The van der Waals surface area contributed by atoms with E-state index in [4.69, 9.17) is 28.8 Å². The summed E-state index contributed by atoms with van der Waals surface area (Å²) in [5.74, 6) is -1.02. The zero-order valence-corrected chi connectivity index (χ0v) is 8.58. The van der Waals surface area contributed by atoms with Crippen molar-refractivity contribution in [1.29, 1.82) is 0 Å². The van der Waals surface area contributed by atoms with Crippen LogP contribution in [0.2, 0.25) is 12.9 Å². The highest BCUT2D eigenvalue weighted by Gasteiger charge is 2.05. The van der Waals surface area contributed by atoms with E-state index < -0.39 is 12.3 Å². The highest BCUT2D eigenvalue weighted by atomic mass is 35.5. The monoisotopic (exact) mass is 243 g/mol. The molecule has 1 rings (SSSR count). The molecule has 5 heteroatoms. The van der Waals surface area contributed by atoms with Gasteiger partial charge in [-0.3, -0.25) is 4.79 Å². The average molecular weight is 245 g/mol. The van der Waals surface area contributed by atoms with Gasteiger partial charge in [-0.2, -0.15) is 0 Å². The first-order valence-electron chi connectivity index (χ1n) is 4.94. The van der Waals surface area contributed by atoms with Crippen molar-refractivity contribution in [3.8, 4) is 0 Å². The van der Waals surface area contributed by atoms with Crippen LogP contribution in [0.3, 0.4) is 0 Å². The summed E-state index contributed by atoms with van der Waals surface area (Å²) < 4.78 is 28.1. The van der Waals surface area contributed by atoms with Crippen LogP contribution in [0, 0.1) is 0 Å². The van der Waals surface area contributed by atoms with Gasteiger partial charge in [-0.15, -0.1) is 12.4 Å². The molecule has 0 atom stereocenters. The van der Waals surface area contributed by atoms with Gasteiger partial charge in [0.1, 0.15) is 2.82 Å². The molecular weight excluding hydrogens is 232 g/mol. The summed E-state index contributed by atoms with van der Waals surface area (Å²) in [5.41, 5.74) is -0.332. The highest BCUT2D eigenvalue weighted by Crippen LogP contribution is 2.22. The molecule has 0 aliphatic heterocycles. The Morgan fingerprint density at radius 2 is 2.23 bits per heavy atom. The minimum Gasteiger partial charge on any atom is -0.324 e. The Kier molecular flexibility index (Phi) is 2.96. The van der Waals surface area contributed by atoms with E-state index in [2.05, 4.69) is 0 Å². The fourth-order valence-corrected chi connectivity index (χ4v) is 1.00. The molecule has 0 bridgehead atoms. The molecule has 1 aromatic carbocycles. The first-order chi connectivity index (χ1) is 7.26. The predicted molar refractivity (Wildman–Crippen MR) is 57.1 cm³/mol. The number of nitrogens with two attached hydrogens (primary N) is 1. The van der Waals surface area contributed by atoms with Crippen LogP contribution in [0.5, 0.6) is 0 Å². The van der Waals surface area contributed by atoms with Crippen LogP contribution in [-0.4, -0.2) is 12.3 Å². The molecule has 72 valence electrons. The Balaban J connectivity index is 0.00000256. The van der Waals surface area contributed by atoms with Crippen molar-refractivity contribution < 1.29 is 10.4 Å². The second-order valence-electron chi connectivity index (χ2n) is 2.07. The largest absolute Gasteiger partial charge is 0.324 e. The maximum atomic E-state index is 11.6. The second-order valence-corrected chi connectivity index (χ2v) is 2.88.